The number of halogens is 1. The van der Waals surface area contributed by atoms with Gasteiger partial charge < -0.3 is 25.0 Å². The summed E-state index contributed by atoms with van der Waals surface area (Å²) in [6.45, 7) is 4.86. The van der Waals surface area contributed by atoms with Gasteiger partial charge in [0, 0.05) is 60.5 Å². The quantitative estimate of drug-likeness (QED) is 0.186. The van der Waals surface area contributed by atoms with Crippen molar-refractivity contribution in [3.05, 3.63) is 85.0 Å². The van der Waals surface area contributed by atoms with Crippen molar-refractivity contribution in [2.75, 3.05) is 30.8 Å². The van der Waals surface area contributed by atoms with E-state index in [0.29, 0.717) is 52.8 Å². The van der Waals surface area contributed by atoms with E-state index in [4.69, 9.17) is 9.47 Å². The van der Waals surface area contributed by atoms with E-state index in [2.05, 4.69) is 37.1 Å². The molecule has 43 heavy (non-hydrogen) atoms. The van der Waals surface area contributed by atoms with Crippen LogP contribution in [0.3, 0.4) is 0 Å². The van der Waals surface area contributed by atoms with Gasteiger partial charge in [-0.05, 0) is 43.2 Å². The van der Waals surface area contributed by atoms with Gasteiger partial charge in [0.15, 0.2) is 0 Å². The Morgan fingerprint density at radius 3 is 2.63 bits per heavy atom. The molecule has 218 valence electrons. The average molecular weight is 598 g/mol. The minimum atomic E-state index is -0.508. The zero-order chi connectivity index (χ0) is 29.8. The number of fused-ring (bicyclic) bond motifs is 1. The number of benzene rings is 2. The normalized spacial score (nSPS) is 13.5. The lowest BCUT2D eigenvalue weighted by Crippen LogP contribution is -2.41. The number of anilines is 3. The number of aromatic nitrogens is 4. The highest BCUT2D eigenvalue weighted by atomic mass is 32.1. The van der Waals surface area contributed by atoms with Gasteiger partial charge in [0.05, 0.1) is 24.0 Å². The SMILES string of the molecule is C=CC(=O)N1CCC(Nc2cc3c(Nc4ccc(Oc5ccnc(-c6nccs6)c5)cc4F)ncnc3cc2OC)CC1. The number of likely N-dealkylation sites (tertiary alicyclic amines) is 1. The van der Waals surface area contributed by atoms with Crippen molar-refractivity contribution >= 4 is 45.3 Å². The van der Waals surface area contributed by atoms with Crippen LogP contribution in [0.25, 0.3) is 21.6 Å². The first kappa shape index (κ1) is 28.0. The molecule has 6 rings (SSSR count). The number of ether oxygens (including phenoxy) is 2. The molecule has 2 aromatic carbocycles. The number of methoxy groups -OCH3 is 1. The molecular weight excluding hydrogens is 569 g/mol. The first-order valence-corrected chi connectivity index (χ1v) is 14.5. The standard InChI is InChI=1S/C31H28FN7O3S/c1-3-29(40)39-11-7-19(8-12-39)37-26-16-22-25(17-28(26)41-2)35-18-36-30(22)38-24-5-4-20(14-23(24)32)42-21-6-9-33-27(15-21)31-34-10-13-43-31/h3-6,9-10,13-19,37H,1,7-8,11-12H2,2H3,(H,35,36,38). The largest absolute Gasteiger partial charge is 0.495 e. The van der Waals surface area contributed by atoms with E-state index in [1.54, 1.807) is 48.7 Å². The molecule has 0 saturated carbocycles. The fourth-order valence-electron chi connectivity index (χ4n) is 4.92. The number of thiazole rings is 1. The van der Waals surface area contributed by atoms with Crippen LogP contribution in [-0.2, 0) is 4.79 Å². The number of pyridine rings is 1. The molecule has 0 unspecified atom stereocenters. The van der Waals surface area contributed by atoms with Gasteiger partial charge in [-0.25, -0.2) is 19.3 Å². The van der Waals surface area contributed by atoms with Crippen LogP contribution < -0.4 is 20.1 Å². The molecule has 3 aromatic heterocycles. The molecule has 1 aliphatic rings. The molecule has 1 saturated heterocycles. The van der Waals surface area contributed by atoms with Crippen LogP contribution in [0.5, 0.6) is 17.2 Å². The molecule has 12 heteroatoms. The molecule has 10 nitrogen and oxygen atoms in total. The molecule has 2 N–H and O–H groups in total. The van der Waals surface area contributed by atoms with E-state index in [9.17, 15) is 4.79 Å². The lowest BCUT2D eigenvalue weighted by atomic mass is 10.0. The van der Waals surface area contributed by atoms with Crippen molar-refractivity contribution in [2.45, 2.75) is 18.9 Å². The first-order chi connectivity index (χ1) is 21.0. The number of hydrogen-bond acceptors (Lipinski definition) is 10. The molecule has 1 amide bonds. The van der Waals surface area contributed by atoms with Gasteiger partial charge >= 0.3 is 0 Å². The van der Waals surface area contributed by atoms with E-state index < -0.39 is 5.82 Å². The smallest absolute Gasteiger partial charge is 0.245 e. The third kappa shape index (κ3) is 6.24. The maximum absolute atomic E-state index is 15.3. The summed E-state index contributed by atoms with van der Waals surface area (Å²) >= 11 is 1.48. The lowest BCUT2D eigenvalue weighted by Gasteiger charge is -2.32. The van der Waals surface area contributed by atoms with Crippen molar-refractivity contribution < 1.29 is 18.7 Å². The number of hydrogen-bond donors (Lipinski definition) is 2. The zero-order valence-corrected chi connectivity index (χ0v) is 24.1. The van der Waals surface area contributed by atoms with Crippen LogP contribution in [0.2, 0.25) is 0 Å². The van der Waals surface area contributed by atoms with E-state index in [0.717, 1.165) is 23.5 Å². The van der Waals surface area contributed by atoms with Crippen molar-refractivity contribution in [1.82, 2.24) is 24.8 Å². The molecule has 0 bridgehead atoms. The highest BCUT2D eigenvalue weighted by Gasteiger charge is 2.23. The Morgan fingerprint density at radius 2 is 1.88 bits per heavy atom. The predicted octanol–water partition coefficient (Wildman–Crippen LogP) is 6.42. The molecule has 0 aliphatic carbocycles. The number of piperidine rings is 1. The lowest BCUT2D eigenvalue weighted by molar-refractivity contribution is -0.126. The molecule has 0 spiro atoms. The highest BCUT2D eigenvalue weighted by molar-refractivity contribution is 7.13. The second-order valence-corrected chi connectivity index (χ2v) is 10.7. The molecule has 5 aromatic rings. The topological polar surface area (TPSA) is 114 Å². The second kappa shape index (κ2) is 12.4. The van der Waals surface area contributed by atoms with Crippen LogP contribution >= 0.6 is 11.3 Å². The Kier molecular flexibility index (Phi) is 8.09. The Labute approximate surface area is 251 Å². The monoisotopic (exact) mass is 597 g/mol. The van der Waals surface area contributed by atoms with Gasteiger partial charge in [0.2, 0.25) is 5.91 Å². The number of nitrogens with one attached hydrogen (secondary N) is 2. The van der Waals surface area contributed by atoms with E-state index in [1.807, 2.05) is 17.5 Å². The molecule has 4 heterocycles. The number of carbonyl (C=O) groups is 1. The van der Waals surface area contributed by atoms with Crippen LogP contribution in [0.1, 0.15) is 12.8 Å². The maximum Gasteiger partial charge on any atom is 0.245 e. The summed E-state index contributed by atoms with van der Waals surface area (Å²) in [6, 6.07) is 11.9. The van der Waals surface area contributed by atoms with Crippen molar-refractivity contribution in [2.24, 2.45) is 0 Å². The minimum absolute atomic E-state index is 0.0559. The van der Waals surface area contributed by atoms with Gasteiger partial charge in [-0.15, -0.1) is 11.3 Å². The van der Waals surface area contributed by atoms with Crippen LogP contribution in [0.15, 0.2) is 79.2 Å². The van der Waals surface area contributed by atoms with Gasteiger partial charge in [-0.2, -0.15) is 0 Å². The fourth-order valence-corrected chi connectivity index (χ4v) is 5.53. The van der Waals surface area contributed by atoms with E-state index in [1.165, 1.54) is 29.8 Å². The zero-order valence-electron chi connectivity index (χ0n) is 23.3. The van der Waals surface area contributed by atoms with Crippen LogP contribution in [0.4, 0.5) is 21.6 Å². The summed E-state index contributed by atoms with van der Waals surface area (Å²) in [5, 5.41) is 9.99. The van der Waals surface area contributed by atoms with E-state index in [-0.39, 0.29) is 17.6 Å². The van der Waals surface area contributed by atoms with Crippen molar-refractivity contribution in [3.63, 3.8) is 0 Å². The number of rotatable bonds is 9. The van der Waals surface area contributed by atoms with Gasteiger partial charge in [-0.3, -0.25) is 9.78 Å². The molecular formula is C31H28FN7O3S. The summed E-state index contributed by atoms with van der Waals surface area (Å²) in [6.07, 6.45) is 7.67. The molecule has 1 aliphatic heterocycles. The summed E-state index contributed by atoms with van der Waals surface area (Å²) in [7, 11) is 1.60. The number of nitrogens with zero attached hydrogens (tertiary/aromatic N) is 5. The Morgan fingerprint density at radius 1 is 1.05 bits per heavy atom. The molecule has 0 atom stereocenters. The van der Waals surface area contributed by atoms with Crippen molar-refractivity contribution in [1.29, 1.82) is 0 Å². The number of carbonyl (C=O) groups excluding carboxylic acids is 1. The van der Waals surface area contributed by atoms with Crippen molar-refractivity contribution in [3.8, 4) is 28.0 Å². The maximum atomic E-state index is 15.3. The average Bonchev–Trinajstić information content (AvgIpc) is 3.58. The van der Waals surface area contributed by atoms with Crippen LogP contribution in [-0.4, -0.2) is 57.0 Å². The fraction of sp³-hybridized carbons (Fsp3) is 0.194. The van der Waals surface area contributed by atoms with E-state index >= 15 is 4.39 Å². The molecule has 1 fully saturated rings. The molecule has 0 radical (unpaired) electrons. The summed E-state index contributed by atoms with van der Waals surface area (Å²) in [5.41, 5.74) is 2.32. The predicted molar refractivity (Wildman–Crippen MR) is 165 cm³/mol. The summed E-state index contributed by atoms with van der Waals surface area (Å²) in [4.78, 5) is 31.1. The van der Waals surface area contributed by atoms with Crippen LogP contribution in [0, 0.1) is 5.82 Å². The first-order valence-electron chi connectivity index (χ1n) is 13.6. The van der Waals surface area contributed by atoms with Gasteiger partial charge in [-0.1, -0.05) is 6.58 Å². The Hall–Kier alpha value is -5.10. The Balaban J connectivity index is 1.20. The Bertz CT molecular complexity index is 1780. The minimum Gasteiger partial charge on any atom is -0.495 e. The second-order valence-electron chi connectivity index (χ2n) is 9.82. The summed E-state index contributed by atoms with van der Waals surface area (Å²) < 4.78 is 26.8. The third-order valence-corrected chi connectivity index (χ3v) is 7.91. The number of amides is 1. The van der Waals surface area contributed by atoms with Gasteiger partial charge in [0.1, 0.15) is 45.9 Å². The highest BCUT2D eigenvalue weighted by Crippen LogP contribution is 2.35. The summed E-state index contributed by atoms with van der Waals surface area (Å²) in [5.74, 6) is 1.37. The third-order valence-electron chi connectivity index (χ3n) is 7.11. The van der Waals surface area contributed by atoms with Gasteiger partial charge in [0.25, 0.3) is 0 Å².